The highest BCUT2D eigenvalue weighted by Gasteiger charge is 2.23. The van der Waals surface area contributed by atoms with Crippen LogP contribution in [0.2, 0.25) is 0 Å². The second-order valence-corrected chi connectivity index (χ2v) is 4.64. The van der Waals surface area contributed by atoms with E-state index in [1.54, 1.807) is 0 Å². The Morgan fingerprint density at radius 3 is 2.88 bits per heavy atom. The van der Waals surface area contributed by atoms with Crippen molar-refractivity contribution < 1.29 is 4.74 Å². The first-order valence-electron chi connectivity index (χ1n) is 6.43. The molecule has 1 saturated heterocycles. The highest BCUT2D eigenvalue weighted by atomic mass is 16.5. The van der Waals surface area contributed by atoms with Crippen LogP contribution in [-0.4, -0.2) is 32.3 Å². The number of aryl methyl sites for hydroxylation is 1. The Hall–Kier alpha value is -1.06. The van der Waals surface area contributed by atoms with Crippen LogP contribution < -0.4 is 10.6 Å². The molecule has 1 aromatic carbocycles. The predicted molar refractivity (Wildman–Crippen MR) is 71.4 cm³/mol. The summed E-state index contributed by atoms with van der Waals surface area (Å²) in [5, 5.41) is 0. The van der Waals surface area contributed by atoms with E-state index in [0.29, 0.717) is 6.04 Å². The van der Waals surface area contributed by atoms with Gasteiger partial charge in [-0.25, -0.2) is 0 Å². The molecule has 0 spiro atoms. The maximum atomic E-state index is 5.63. The van der Waals surface area contributed by atoms with Crippen LogP contribution in [-0.2, 0) is 4.74 Å². The molecule has 2 N–H and O–H groups in total. The van der Waals surface area contributed by atoms with Crippen LogP contribution in [0.15, 0.2) is 24.3 Å². The van der Waals surface area contributed by atoms with Crippen LogP contribution in [0, 0.1) is 6.92 Å². The highest BCUT2D eigenvalue weighted by molar-refractivity contribution is 5.54. The van der Waals surface area contributed by atoms with Gasteiger partial charge >= 0.3 is 0 Å². The molecule has 1 unspecified atom stereocenters. The summed E-state index contributed by atoms with van der Waals surface area (Å²) in [5.74, 6) is 0. The van der Waals surface area contributed by atoms with Crippen LogP contribution in [0.3, 0.4) is 0 Å². The number of para-hydroxylation sites is 1. The molecule has 1 heterocycles. The molecule has 0 saturated carbocycles. The molecule has 1 atom stereocenters. The van der Waals surface area contributed by atoms with Gasteiger partial charge in [0.1, 0.15) is 0 Å². The van der Waals surface area contributed by atoms with Crippen molar-refractivity contribution in [1.82, 2.24) is 0 Å². The topological polar surface area (TPSA) is 38.5 Å². The summed E-state index contributed by atoms with van der Waals surface area (Å²) in [6.45, 7) is 5.67. The maximum Gasteiger partial charge on any atom is 0.0670 e. The lowest BCUT2D eigenvalue weighted by atomic mass is 10.1. The molecule has 3 nitrogen and oxygen atoms in total. The zero-order valence-electron chi connectivity index (χ0n) is 10.6. The van der Waals surface area contributed by atoms with Crippen LogP contribution in [0.5, 0.6) is 0 Å². The van der Waals surface area contributed by atoms with Crippen molar-refractivity contribution >= 4 is 5.69 Å². The van der Waals surface area contributed by atoms with Crippen molar-refractivity contribution in [2.45, 2.75) is 25.8 Å². The molecule has 0 aromatic heterocycles. The summed E-state index contributed by atoms with van der Waals surface area (Å²) in [4.78, 5) is 2.47. The zero-order chi connectivity index (χ0) is 12.1. The quantitative estimate of drug-likeness (QED) is 0.846. The Morgan fingerprint density at radius 2 is 2.24 bits per heavy atom. The van der Waals surface area contributed by atoms with Gasteiger partial charge in [-0.05, 0) is 37.9 Å². The summed E-state index contributed by atoms with van der Waals surface area (Å²) in [6, 6.07) is 9.08. The van der Waals surface area contributed by atoms with Gasteiger partial charge in [0.25, 0.3) is 0 Å². The average Bonchev–Trinajstić information content (AvgIpc) is 2.85. The first-order chi connectivity index (χ1) is 8.33. The summed E-state index contributed by atoms with van der Waals surface area (Å²) < 4.78 is 5.51. The third kappa shape index (κ3) is 2.99. The lowest BCUT2D eigenvalue weighted by molar-refractivity contribution is 0.193. The first kappa shape index (κ1) is 12.4. The lowest BCUT2D eigenvalue weighted by Gasteiger charge is -2.31. The van der Waals surface area contributed by atoms with Gasteiger partial charge in [0.2, 0.25) is 0 Å². The molecule has 0 bridgehead atoms. The Kier molecular flexibility index (Phi) is 4.40. The van der Waals surface area contributed by atoms with Gasteiger partial charge in [0.05, 0.1) is 12.6 Å². The molecule has 1 aliphatic heterocycles. The van der Waals surface area contributed by atoms with Crippen LogP contribution in [0.4, 0.5) is 5.69 Å². The Labute approximate surface area is 104 Å². The van der Waals surface area contributed by atoms with Crippen molar-refractivity contribution in [3.63, 3.8) is 0 Å². The van der Waals surface area contributed by atoms with Gasteiger partial charge in [-0.15, -0.1) is 0 Å². The van der Waals surface area contributed by atoms with E-state index in [0.717, 1.165) is 39.1 Å². The molecule has 94 valence electrons. The largest absolute Gasteiger partial charge is 0.379 e. The molecule has 0 aliphatic carbocycles. The van der Waals surface area contributed by atoms with Gasteiger partial charge in [-0.2, -0.15) is 0 Å². The number of nitrogens with zero attached hydrogens (tertiary/aromatic N) is 1. The molecule has 0 amide bonds. The molecular formula is C14H22N2O. The van der Waals surface area contributed by atoms with Crippen molar-refractivity contribution in [1.29, 1.82) is 0 Å². The molecule has 1 aromatic rings. The zero-order valence-corrected chi connectivity index (χ0v) is 10.6. The average molecular weight is 234 g/mol. The molecule has 3 heteroatoms. The summed E-state index contributed by atoms with van der Waals surface area (Å²) in [7, 11) is 0. The molecular weight excluding hydrogens is 212 g/mol. The minimum atomic E-state index is 0.516. The second kappa shape index (κ2) is 6.03. The molecule has 17 heavy (non-hydrogen) atoms. The van der Waals surface area contributed by atoms with Gasteiger partial charge in [-0.1, -0.05) is 18.2 Å². The Balaban J connectivity index is 2.16. The van der Waals surface area contributed by atoms with Crippen molar-refractivity contribution in [3.8, 4) is 0 Å². The fourth-order valence-corrected chi connectivity index (χ4v) is 2.41. The van der Waals surface area contributed by atoms with Crippen LogP contribution in [0.1, 0.15) is 18.4 Å². The predicted octanol–water partition coefficient (Wildman–Crippen LogP) is 1.94. The van der Waals surface area contributed by atoms with E-state index in [9.17, 15) is 0 Å². The number of nitrogens with two attached hydrogens (primary N) is 1. The Bertz CT molecular complexity index is 348. The SMILES string of the molecule is Cc1ccccc1N(CCCN)C1CCOC1. The summed E-state index contributed by atoms with van der Waals surface area (Å²) >= 11 is 0. The fourth-order valence-electron chi connectivity index (χ4n) is 2.41. The second-order valence-electron chi connectivity index (χ2n) is 4.64. The number of benzene rings is 1. The van der Waals surface area contributed by atoms with E-state index < -0.39 is 0 Å². The van der Waals surface area contributed by atoms with Gasteiger partial charge in [0.15, 0.2) is 0 Å². The van der Waals surface area contributed by atoms with Crippen molar-refractivity contribution in [2.24, 2.45) is 5.73 Å². The minimum absolute atomic E-state index is 0.516. The maximum absolute atomic E-state index is 5.63. The molecule has 2 rings (SSSR count). The smallest absolute Gasteiger partial charge is 0.0670 e. The molecule has 1 aliphatic rings. The van der Waals surface area contributed by atoms with E-state index in [2.05, 4.69) is 36.1 Å². The van der Waals surface area contributed by atoms with E-state index in [1.807, 2.05) is 0 Å². The first-order valence-corrected chi connectivity index (χ1v) is 6.43. The summed E-state index contributed by atoms with van der Waals surface area (Å²) in [6.07, 6.45) is 2.16. The monoisotopic (exact) mass is 234 g/mol. The minimum Gasteiger partial charge on any atom is -0.379 e. The fraction of sp³-hybridized carbons (Fsp3) is 0.571. The summed E-state index contributed by atoms with van der Waals surface area (Å²) in [5.41, 5.74) is 8.29. The number of hydrogen-bond donors (Lipinski definition) is 1. The van der Waals surface area contributed by atoms with E-state index in [4.69, 9.17) is 10.5 Å². The third-order valence-corrected chi connectivity index (χ3v) is 3.37. The number of rotatable bonds is 5. The van der Waals surface area contributed by atoms with Gasteiger partial charge in [-0.3, -0.25) is 0 Å². The van der Waals surface area contributed by atoms with Crippen molar-refractivity contribution in [2.75, 3.05) is 31.2 Å². The lowest BCUT2D eigenvalue weighted by Crippen LogP contribution is -2.37. The van der Waals surface area contributed by atoms with Crippen LogP contribution in [0.25, 0.3) is 0 Å². The number of hydrogen-bond acceptors (Lipinski definition) is 3. The highest BCUT2D eigenvalue weighted by Crippen LogP contribution is 2.25. The van der Waals surface area contributed by atoms with E-state index >= 15 is 0 Å². The van der Waals surface area contributed by atoms with Crippen LogP contribution >= 0.6 is 0 Å². The Morgan fingerprint density at radius 1 is 1.41 bits per heavy atom. The van der Waals surface area contributed by atoms with Gasteiger partial charge < -0.3 is 15.4 Å². The van der Waals surface area contributed by atoms with Crippen molar-refractivity contribution in [3.05, 3.63) is 29.8 Å². The molecule has 0 radical (unpaired) electrons. The third-order valence-electron chi connectivity index (χ3n) is 3.37. The normalized spacial score (nSPS) is 19.5. The number of ether oxygens (including phenoxy) is 1. The molecule has 1 fully saturated rings. The number of anilines is 1. The standard InChI is InChI=1S/C14H22N2O/c1-12-5-2-3-6-14(12)16(9-4-8-15)13-7-10-17-11-13/h2-3,5-6,13H,4,7-11,15H2,1H3. The van der Waals surface area contributed by atoms with E-state index in [-0.39, 0.29) is 0 Å². The van der Waals surface area contributed by atoms with E-state index in [1.165, 1.54) is 11.3 Å². The van der Waals surface area contributed by atoms with Gasteiger partial charge in [0, 0.05) is 18.8 Å².